The number of carbonyl (C=O) groups is 2. The van der Waals surface area contributed by atoms with Crippen molar-refractivity contribution in [1.29, 1.82) is 0 Å². The van der Waals surface area contributed by atoms with Gasteiger partial charge in [0.2, 0.25) is 0 Å². The average molecular weight is 407 g/mol. The minimum absolute atomic E-state index is 0.00218. The summed E-state index contributed by atoms with van der Waals surface area (Å²) in [6.45, 7) is 0. The molecule has 0 bridgehead atoms. The highest BCUT2D eigenvalue weighted by Gasteiger charge is 2.49. The van der Waals surface area contributed by atoms with E-state index >= 15 is 0 Å². The lowest BCUT2D eigenvalue weighted by atomic mass is 9.94. The van der Waals surface area contributed by atoms with E-state index < -0.39 is 17.7 Å². The summed E-state index contributed by atoms with van der Waals surface area (Å²) < 4.78 is 10.6. The van der Waals surface area contributed by atoms with Crippen molar-refractivity contribution in [3.05, 3.63) is 65.2 Å². The number of ether oxygens (including phenoxy) is 2. The molecular weight excluding hydrogens is 382 g/mol. The molecule has 0 radical (unpaired) electrons. The number of hydrogen-bond donors (Lipinski definition) is 1. The van der Waals surface area contributed by atoms with E-state index in [0.717, 1.165) is 31.2 Å². The van der Waals surface area contributed by atoms with Crippen LogP contribution in [0, 0.1) is 0 Å². The summed E-state index contributed by atoms with van der Waals surface area (Å²) in [7, 11) is 3.03. The largest absolute Gasteiger partial charge is 0.507 e. The Morgan fingerprint density at radius 1 is 0.967 bits per heavy atom. The van der Waals surface area contributed by atoms with Gasteiger partial charge in [-0.2, -0.15) is 0 Å². The van der Waals surface area contributed by atoms with Crippen LogP contribution in [0.3, 0.4) is 0 Å². The van der Waals surface area contributed by atoms with Crippen LogP contribution in [0.25, 0.3) is 5.76 Å². The molecule has 1 amide bonds. The van der Waals surface area contributed by atoms with Gasteiger partial charge in [-0.3, -0.25) is 9.59 Å². The first-order chi connectivity index (χ1) is 14.6. The number of benzene rings is 2. The summed E-state index contributed by atoms with van der Waals surface area (Å²) in [5.41, 5.74) is 1.33. The highest BCUT2D eigenvalue weighted by atomic mass is 16.5. The Balaban J connectivity index is 1.87. The summed E-state index contributed by atoms with van der Waals surface area (Å²) in [6, 6.07) is 13.7. The number of rotatable bonds is 5. The van der Waals surface area contributed by atoms with Crippen LogP contribution >= 0.6 is 0 Å². The first kappa shape index (κ1) is 20.0. The van der Waals surface area contributed by atoms with Gasteiger partial charge in [0.15, 0.2) is 11.5 Å². The molecule has 156 valence electrons. The zero-order chi connectivity index (χ0) is 21.3. The van der Waals surface area contributed by atoms with E-state index in [1.54, 1.807) is 23.1 Å². The van der Waals surface area contributed by atoms with Crippen molar-refractivity contribution in [2.45, 2.75) is 37.8 Å². The SMILES string of the molecule is COc1ccc(/C(O)=C2/C(=O)C(=O)N(C3CCCC3)C2c2ccccc2)cc1OC. The van der Waals surface area contributed by atoms with E-state index in [0.29, 0.717) is 17.1 Å². The second kappa shape index (κ2) is 8.22. The van der Waals surface area contributed by atoms with Crippen molar-refractivity contribution in [2.24, 2.45) is 0 Å². The molecule has 0 aromatic heterocycles. The third kappa shape index (κ3) is 3.32. The number of carbonyl (C=O) groups excluding carboxylic acids is 2. The lowest BCUT2D eigenvalue weighted by Gasteiger charge is -2.30. The molecule has 1 aliphatic carbocycles. The Hall–Kier alpha value is -3.28. The minimum Gasteiger partial charge on any atom is -0.507 e. The van der Waals surface area contributed by atoms with E-state index in [2.05, 4.69) is 0 Å². The minimum atomic E-state index is -0.650. The number of aliphatic hydroxyl groups excluding tert-OH is 1. The number of hydrogen-bond acceptors (Lipinski definition) is 5. The maximum absolute atomic E-state index is 13.1. The molecule has 6 heteroatoms. The average Bonchev–Trinajstić information content (AvgIpc) is 3.40. The Labute approximate surface area is 175 Å². The Kier molecular flexibility index (Phi) is 5.48. The predicted molar refractivity (Wildman–Crippen MR) is 112 cm³/mol. The van der Waals surface area contributed by atoms with Crippen LogP contribution in [0.2, 0.25) is 0 Å². The highest BCUT2D eigenvalue weighted by molar-refractivity contribution is 6.46. The van der Waals surface area contributed by atoms with E-state index in [9.17, 15) is 14.7 Å². The van der Waals surface area contributed by atoms with Gasteiger partial charge in [0.1, 0.15) is 5.76 Å². The van der Waals surface area contributed by atoms with Gasteiger partial charge in [-0.05, 0) is 36.6 Å². The number of nitrogens with zero attached hydrogens (tertiary/aromatic N) is 1. The third-order valence-electron chi connectivity index (χ3n) is 5.97. The van der Waals surface area contributed by atoms with Gasteiger partial charge in [0.25, 0.3) is 11.7 Å². The molecule has 4 rings (SSSR count). The quantitative estimate of drug-likeness (QED) is 0.459. The highest BCUT2D eigenvalue weighted by Crippen LogP contribution is 2.44. The molecule has 1 saturated carbocycles. The molecule has 6 nitrogen and oxygen atoms in total. The van der Waals surface area contributed by atoms with Crippen molar-refractivity contribution < 1.29 is 24.2 Å². The summed E-state index contributed by atoms with van der Waals surface area (Å²) in [6.07, 6.45) is 3.80. The number of methoxy groups -OCH3 is 2. The van der Waals surface area contributed by atoms with E-state index in [4.69, 9.17) is 9.47 Å². The first-order valence-electron chi connectivity index (χ1n) is 10.1. The van der Waals surface area contributed by atoms with Crippen LogP contribution in [-0.2, 0) is 9.59 Å². The maximum Gasteiger partial charge on any atom is 0.295 e. The van der Waals surface area contributed by atoms with Gasteiger partial charge in [-0.15, -0.1) is 0 Å². The van der Waals surface area contributed by atoms with E-state index in [1.165, 1.54) is 14.2 Å². The Morgan fingerprint density at radius 3 is 2.27 bits per heavy atom. The second-order valence-corrected chi connectivity index (χ2v) is 7.63. The molecule has 1 unspecified atom stereocenters. The summed E-state index contributed by atoms with van der Waals surface area (Å²) in [4.78, 5) is 27.8. The topological polar surface area (TPSA) is 76.1 Å². The molecule has 2 fully saturated rings. The zero-order valence-electron chi connectivity index (χ0n) is 17.1. The fourth-order valence-corrected chi connectivity index (χ4v) is 4.51. The summed E-state index contributed by atoms with van der Waals surface area (Å²) in [5.74, 6) is -0.452. The van der Waals surface area contributed by atoms with Crippen LogP contribution < -0.4 is 9.47 Å². The molecule has 1 aliphatic heterocycles. The van der Waals surface area contributed by atoms with Gasteiger partial charge in [-0.1, -0.05) is 43.2 Å². The van der Waals surface area contributed by atoms with Crippen molar-refractivity contribution in [3.63, 3.8) is 0 Å². The van der Waals surface area contributed by atoms with E-state index in [1.807, 2.05) is 30.3 Å². The smallest absolute Gasteiger partial charge is 0.295 e. The fraction of sp³-hybridized carbons (Fsp3) is 0.333. The normalized spacial score (nSPS) is 21.3. The molecule has 1 N–H and O–H groups in total. The predicted octanol–water partition coefficient (Wildman–Crippen LogP) is 4.07. The Bertz CT molecular complexity index is 992. The van der Waals surface area contributed by atoms with E-state index in [-0.39, 0.29) is 17.4 Å². The molecule has 1 heterocycles. The van der Waals surface area contributed by atoms with Crippen molar-refractivity contribution in [2.75, 3.05) is 14.2 Å². The molecule has 0 spiro atoms. The first-order valence-corrected chi connectivity index (χ1v) is 10.1. The lowest BCUT2D eigenvalue weighted by molar-refractivity contribution is -0.141. The molecular formula is C24H25NO5. The monoisotopic (exact) mass is 407 g/mol. The van der Waals surface area contributed by atoms with Crippen LogP contribution in [0.15, 0.2) is 54.1 Å². The zero-order valence-corrected chi connectivity index (χ0v) is 17.1. The number of amides is 1. The molecule has 1 atom stereocenters. The van der Waals surface area contributed by atoms with Crippen molar-refractivity contribution in [3.8, 4) is 11.5 Å². The van der Waals surface area contributed by atoms with Crippen LogP contribution in [0.1, 0.15) is 42.9 Å². The fourth-order valence-electron chi connectivity index (χ4n) is 4.51. The van der Waals surface area contributed by atoms with Gasteiger partial charge in [0, 0.05) is 11.6 Å². The standard InChI is InChI=1S/C24H25NO5/c1-29-18-13-12-16(14-19(18)30-2)22(26)20-21(15-8-4-3-5-9-15)25(24(28)23(20)27)17-10-6-7-11-17/h3-5,8-9,12-14,17,21,26H,6-7,10-11H2,1-2H3/b22-20-. The van der Waals surface area contributed by atoms with Gasteiger partial charge in [0.05, 0.1) is 25.8 Å². The maximum atomic E-state index is 13.1. The van der Waals surface area contributed by atoms with Gasteiger partial charge < -0.3 is 19.5 Å². The third-order valence-corrected chi connectivity index (χ3v) is 5.97. The molecule has 2 aromatic carbocycles. The summed E-state index contributed by atoms with van der Waals surface area (Å²) >= 11 is 0. The number of Topliss-reactive ketones (excluding diaryl/α,β-unsaturated/α-hetero) is 1. The molecule has 2 aromatic rings. The molecule has 1 saturated heterocycles. The number of aliphatic hydroxyl groups is 1. The second-order valence-electron chi connectivity index (χ2n) is 7.63. The molecule has 2 aliphatic rings. The number of ketones is 1. The van der Waals surface area contributed by atoms with Gasteiger partial charge in [-0.25, -0.2) is 0 Å². The number of likely N-dealkylation sites (tertiary alicyclic amines) is 1. The van der Waals surface area contributed by atoms with Crippen molar-refractivity contribution >= 4 is 17.4 Å². The van der Waals surface area contributed by atoms with Gasteiger partial charge >= 0.3 is 0 Å². The van der Waals surface area contributed by atoms with Crippen LogP contribution in [-0.4, -0.2) is 42.0 Å². The summed E-state index contributed by atoms with van der Waals surface area (Å²) in [5, 5.41) is 11.2. The van der Waals surface area contributed by atoms with Crippen LogP contribution in [0.5, 0.6) is 11.5 Å². The Morgan fingerprint density at radius 2 is 1.63 bits per heavy atom. The molecule has 30 heavy (non-hydrogen) atoms. The lowest BCUT2D eigenvalue weighted by Crippen LogP contribution is -2.37. The van der Waals surface area contributed by atoms with Crippen LogP contribution in [0.4, 0.5) is 0 Å². The van der Waals surface area contributed by atoms with Crippen molar-refractivity contribution in [1.82, 2.24) is 4.90 Å².